The van der Waals surface area contributed by atoms with E-state index < -0.39 is 10.0 Å². The van der Waals surface area contributed by atoms with Crippen LogP contribution in [-0.4, -0.2) is 40.5 Å². The van der Waals surface area contributed by atoms with Gasteiger partial charge in [0, 0.05) is 25.3 Å². The van der Waals surface area contributed by atoms with Crippen molar-refractivity contribution in [2.75, 3.05) is 13.1 Å². The van der Waals surface area contributed by atoms with E-state index in [1.165, 1.54) is 4.31 Å². The van der Waals surface area contributed by atoms with Crippen molar-refractivity contribution in [3.63, 3.8) is 0 Å². The van der Waals surface area contributed by atoms with Crippen molar-refractivity contribution in [1.29, 1.82) is 0 Å². The molecule has 0 N–H and O–H groups in total. The molecule has 8 nitrogen and oxygen atoms in total. The van der Waals surface area contributed by atoms with Gasteiger partial charge in [-0.3, -0.25) is 4.79 Å². The lowest BCUT2D eigenvalue weighted by Gasteiger charge is -2.30. The van der Waals surface area contributed by atoms with Gasteiger partial charge in [-0.1, -0.05) is 35.5 Å². The first-order valence-corrected chi connectivity index (χ1v) is 12.2. The largest absolute Gasteiger partial charge is 0.339 e. The van der Waals surface area contributed by atoms with Gasteiger partial charge in [-0.05, 0) is 43.4 Å². The lowest BCUT2D eigenvalue weighted by Crippen LogP contribution is -2.39. The zero-order chi connectivity index (χ0) is 21.4. The van der Waals surface area contributed by atoms with Gasteiger partial charge in [-0.2, -0.15) is 4.98 Å². The fourth-order valence-corrected chi connectivity index (χ4v) is 5.71. The van der Waals surface area contributed by atoms with Crippen LogP contribution in [0.3, 0.4) is 0 Å². The number of sulfonamides is 1. The molecule has 0 spiro atoms. The maximum absolute atomic E-state index is 12.9. The normalized spacial score (nSPS) is 20.1. The second-order valence-corrected chi connectivity index (χ2v) is 10.2. The van der Waals surface area contributed by atoms with Gasteiger partial charge in [-0.25, -0.2) is 12.7 Å². The third kappa shape index (κ3) is 4.20. The van der Waals surface area contributed by atoms with Crippen LogP contribution in [0.4, 0.5) is 0 Å². The average molecular weight is 441 g/mol. The smallest absolute Gasteiger partial charge is 0.262 e. The van der Waals surface area contributed by atoms with Crippen LogP contribution in [0.5, 0.6) is 0 Å². The Kier molecular flexibility index (Phi) is 5.23. The summed E-state index contributed by atoms with van der Waals surface area (Å²) in [6.45, 7) is 0.787. The molecule has 162 valence electrons. The van der Waals surface area contributed by atoms with Crippen LogP contribution < -0.4 is 5.56 Å². The molecule has 1 atom stereocenters. The monoisotopic (exact) mass is 440 g/mol. The first-order valence-electron chi connectivity index (χ1n) is 10.6. The van der Waals surface area contributed by atoms with Gasteiger partial charge in [0.2, 0.25) is 21.7 Å². The van der Waals surface area contributed by atoms with Gasteiger partial charge in [0.15, 0.2) is 0 Å². The molecule has 0 radical (unpaired) electrons. The Morgan fingerprint density at radius 3 is 2.65 bits per heavy atom. The van der Waals surface area contributed by atoms with E-state index in [4.69, 9.17) is 4.52 Å². The average Bonchev–Trinajstić information content (AvgIpc) is 3.50. The Balaban J connectivity index is 1.34. The molecule has 1 aliphatic carbocycles. The minimum absolute atomic E-state index is 0.0274. The second kappa shape index (κ2) is 8.05. The lowest BCUT2D eigenvalue weighted by atomic mass is 10.00. The molecule has 3 aromatic rings. The van der Waals surface area contributed by atoms with Gasteiger partial charge in [0.05, 0.1) is 17.2 Å². The van der Waals surface area contributed by atoms with Crippen molar-refractivity contribution >= 4 is 10.0 Å². The van der Waals surface area contributed by atoms with E-state index in [2.05, 4.69) is 10.1 Å². The quantitative estimate of drug-likeness (QED) is 0.584. The standard InChI is InChI=1S/C22H24N4O4S/c27-22-19(9-5-13-26(22)18-10-11-18)20-23-21(30-24-20)17-8-4-12-25(14-17)31(28,29)15-16-6-2-1-3-7-16/h1-3,5-7,9,13,17-18H,4,8,10-12,14-15H2. The minimum Gasteiger partial charge on any atom is -0.339 e. The van der Waals surface area contributed by atoms with Crippen molar-refractivity contribution in [1.82, 2.24) is 19.0 Å². The second-order valence-electron chi connectivity index (χ2n) is 8.26. The van der Waals surface area contributed by atoms with Gasteiger partial charge in [-0.15, -0.1) is 0 Å². The Morgan fingerprint density at radius 2 is 1.87 bits per heavy atom. The summed E-state index contributed by atoms with van der Waals surface area (Å²) in [6, 6.07) is 13.0. The molecule has 1 saturated carbocycles. The molecule has 0 amide bonds. The van der Waals surface area contributed by atoms with Gasteiger partial charge >= 0.3 is 0 Å². The highest BCUT2D eigenvalue weighted by Crippen LogP contribution is 2.34. The third-order valence-corrected chi connectivity index (χ3v) is 7.73. The third-order valence-electron chi connectivity index (χ3n) is 5.92. The summed E-state index contributed by atoms with van der Waals surface area (Å²) in [6.07, 6.45) is 5.30. The molecular formula is C22H24N4O4S. The molecule has 1 saturated heterocycles. The topological polar surface area (TPSA) is 98.3 Å². The van der Waals surface area contributed by atoms with Crippen LogP contribution in [0.2, 0.25) is 0 Å². The lowest BCUT2D eigenvalue weighted by molar-refractivity contribution is 0.265. The number of benzene rings is 1. The van der Waals surface area contributed by atoms with E-state index in [9.17, 15) is 13.2 Å². The molecule has 1 aromatic carbocycles. The van der Waals surface area contributed by atoms with Crippen LogP contribution in [-0.2, 0) is 15.8 Å². The fraction of sp³-hybridized carbons (Fsp3) is 0.409. The number of hydrogen-bond acceptors (Lipinski definition) is 6. The van der Waals surface area contributed by atoms with E-state index in [1.807, 2.05) is 36.4 Å². The molecular weight excluding hydrogens is 416 g/mol. The maximum atomic E-state index is 12.9. The molecule has 2 fully saturated rings. The van der Waals surface area contributed by atoms with E-state index in [1.54, 1.807) is 16.8 Å². The molecule has 31 heavy (non-hydrogen) atoms. The highest BCUT2D eigenvalue weighted by Gasteiger charge is 2.33. The molecule has 2 aromatic heterocycles. The number of pyridine rings is 1. The van der Waals surface area contributed by atoms with Crippen LogP contribution in [0.25, 0.3) is 11.4 Å². The summed E-state index contributed by atoms with van der Waals surface area (Å²) in [5, 5.41) is 4.03. The Morgan fingerprint density at radius 1 is 1.06 bits per heavy atom. The molecule has 9 heteroatoms. The Bertz CT molecular complexity index is 1230. The number of aromatic nitrogens is 3. The highest BCUT2D eigenvalue weighted by molar-refractivity contribution is 7.88. The van der Waals surface area contributed by atoms with Gasteiger partial charge in [0.25, 0.3) is 5.56 Å². The molecule has 2 aliphatic rings. The van der Waals surface area contributed by atoms with E-state index in [0.29, 0.717) is 24.5 Å². The number of rotatable bonds is 6. The summed E-state index contributed by atoms with van der Waals surface area (Å²) in [5.74, 6) is 0.436. The zero-order valence-electron chi connectivity index (χ0n) is 17.1. The highest BCUT2D eigenvalue weighted by atomic mass is 32.2. The summed E-state index contributed by atoms with van der Waals surface area (Å²) < 4.78 is 34.6. The van der Waals surface area contributed by atoms with Crippen LogP contribution in [0.15, 0.2) is 58.0 Å². The molecule has 1 aliphatic heterocycles. The maximum Gasteiger partial charge on any atom is 0.262 e. The van der Waals surface area contributed by atoms with Gasteiger partial charge < -0.3 is 9.09 Å². The van der Waals surface area contributed by atoms with Crippen LogP contribution >= 0.6 is 0 Å². The van der Waals surface area contributed by atoms with E-state index in [0.717, 1.165) is 31.2 Å². The van der Waals surface area contributed by atoms with Crippen molar-refractivity contribution in [2.45, 2.75) is 43.4 Å². The van der Waals surface area contributed by atoms with Crippen molar-refractivity contribution in [3.8, 4) is 11.4 Å². The van der Waals surface area contributed by atoms with Crippen molar-refractivity contribution < 1.29 is 12.9 Å². The number of nitrogens with zero attached hydrogens (tertiary/aromatic N) is 4. The first-order chi connectivity index (χ1) is 15.0. The molecule has 0 bridgehead atoms. The van der Waals surface area contributed by atoms with Crippen molar-refractivity contribution in [2.24, 2.45) is 0 Å². The minimum atomic E-state index is -3.45. The van der Waals surface area contributed by atoms with E-state index >= 15 is 0 Å². The molecule has 5 rings (SSSR count). The Hall–Kier alpha value is -2.78. The van der Waals surface area contributed by atoms with Gasteiger partial charge in [0.1, 0.15) is 0 Å². The fourth-order valence-electron chi connectivity index (χ4n) is 4.10. The van der Waals surface area contributed by atoms with E-state index in [-0.39, 0.29) is 29.1 Å². The van der Waals surface area contributed by atoms with Crippen LogP contribution in [0.1, 0.15) is 49.1 Å². The number of piperidine rings is 1. The molecule has 3 heterocycles. The van der Waals surface area contributed by atoms with Crippen molar-refractivity contribution in [3.05, 3.63) is 70.5 Å². The summed E-state index contributed by atoms with van der Waals surface area (Å²) in [5.41, 5.74) is 1.06. The SMILES string of the molecule is O=c1c(-c2noc(C3CCCN(S(=O)(=O)Cc4ccccc4)C3)n2)cccn1C1CC1. The predicted octanol–water partition coefficient (Wildman–Crippen LogP) is 2.94. The zero-order valence-corrected chi connectivity index (χ0v) is 17.9. The summed E-state index contributed by atoms with van der Waals surface area (Å²) in [7, 11) is -3.45. The first kappa shape index (κ1) is 20.1. The summed E-state index contributed by atoms with van der Waals surface area (Å²) in [4.78, 5) is 17.2. The Labute approximate surface area is 180 Å². The number of hydrogen-bond donors (Lipinski definition) is 0. The predicted molar refractivity (Wildman–Crippen MR) is 115 cm³/mol. The summed E-state index contributed by atoms with van der Waals surface area (Å²) >= 11 is 0. The molecule has 1 unspecified atom stereocenters. The van der Waals surface area contributed by atoms with Crippen LogP contribution in [0, 0.1) is 0 Å².